The molecule has 0 unspecified atom stereocenters. The van der Waals surface area contributed by atoms with Gasteiger partial charge in [-0.2, -0.15) is 0 Å². The summed E-state index contributed by atoms with van der Waals surface area (Å²) < 4.78 is 5.11. The van der Waals surface area contributed by atoms with Gasteiger partial charge in [0.1, 0.15) is 0 Å². The fraction of sp³-hybridized carbons (Fsp3) is 0.0909. The Morgan fingerprint density at radius 3 is 1.85 bits per heavy atom. The van der Waals surface area contributed by atoms with E-state index in [9.17, 15) is 9.59 Å². The molecule has 0 aliphatic heterocycles. The van der Waals surface area contributed by atoms with Crippen molar-refractivity contribution < 1.29 is 14.3 Å². The molecular formula is C22H20N2O3. The van der Waals surface area contributed by atoms with Gasteiger partial charge in [-0.05, 0) is 35.4 Å². The maximum atomic E-state index is 12.4. The van der Waals surface area contributed by atoms with Crippen LogP contribution in [-0.4, -0.2) is 18.5 Å². The molecule has 0 aliphatic rings. The minimum absolute atomic E-state index is 0.324. The highest BCUT2D eigenvalue weighted by Gasteiger charge is 2.18. The zero-order valence-corrected chi connectivity index (χ0v) is 14.7. The standard InChI is InChI=1S/C22H20N2O3/c23-19-13-11-18(12-14-19)22(26)27-15-20(25)24-21(16-7-3-1-4-8-16)17-9-5-2-6-10-17/h1-14,21H,15,23H2,(H,24,25). The third-order valence-corrected chi connectivity index (χ3v) is 4.05. The molecule has 3 aromatic rings. The lowest BCUT2D eigenvalue weighted by atomic mass is 9.99. The number of hydrogen-bond donors (Lipinski definition) is 2. The Balaban J connectivity index is 1.66. The van der Waals surface area contributed by atoms with Crippen LogP contribution in [0.1, 0.15) is 27.5 Å². The van der Waals surface area contributed by atoms with Gasteiger partial charge in [-0.15, -0.1) is 0 Å². The van der Waals surface area contributed by atoms with E-state index in [1.54, 1.807) is 24.3 Å². The van der Waals surface area contributed by atoms with Gasteiger partial charge in [0, 0.05) is 5.69 Å². The van der Waals surface area contributed by atoms with Crippen molar-refractivity contribution in [2.45, 2.75) is 6.04 Å². The quantitative estimate of drug-likeness (QED) is 0.522. The molecule has 27 heavy (non-hydrogen) atoms. The molecule has 5 nitrogen and oxygen atoms in total. The van der Waals surface area contributed by atoms with E-state index < -0.39 is 5.97 Å². The van der Waals surface area contributed by atoms with Crippen molar-refractivity contribution in [2.75, 3.05) is 12.3 Å². The molecule has 0 spiro atoms. The van der Waals surface area contributed by atoms with E-state index in [1.165, 1.54) is 0 Å². The van der Waals surface area contributed by atoms with Crippen LogP contribution in [0.2, 0.25) is 0 Å². The fourth-order valence-corrected chi connectivity index (χ4v) is 2.69. The normalized spacial score (nSPS) is 10.4. The lowest BCUT2D eigenvalue weighted by molar-refractivity contribution is -0.124. The molecule has 0 radical (unpaired) electrons. The molecule has 1 amide bonds. The Bertz CT molecular complexity index is 854. The summed E-state index contributed by atoms with van der Waals surface area (Å²) in [5.41, 5.74) is 8.39. The van der Waals surface area contributed by atoms with Crippen molar-refractivity contribution in [3.63, 3.8) is 0 Å². The first-order valence-electron chi connectivity index (χ1n) is 8.55. The van der Waals surface area contributed by atoms with E-state index >= 15 is 0 Å². The summed E-state index contributed by atoms with van der Waals surface area (Å²) in [6, 6.07) is 25.3. The Morgan fingerprint density at radius 2 is 1.33 bits per heavy atom. The molecule has 3 N–H and O–H groups in total. The molecule has 3 aromatic carbocycles. The van der Waals surface area contributed by atoms with Crippen molar-refractivity contribution >= 4 is 17.6 Å². The van der Waals surface area contributed by atoms with Gasteiger partial charge in [-0.25, -0.2) is 4.79 Å². The van der Waals surface area contributed by atoms with Crippen LogP contribution < -0.4 is 11.1 Å². The minimum Gasteiger partial charge on any atom is -0.452 e. The zero-order chi connectivity index (χ0) is 19.1. The molecule has 136 valence electrons. The number of nitrogen functional groups attached to an aromatic ring is 1. The molecular weight excluding hydrogens is 340 g/mol. The van der Waals surface area contributed by atoms with E-state index in [0.717, 1.165) is 11.1 Å². The van der Waals surface area contributed by atoms with Crippen LogP contribution in [0.25, 0.3) is 0 Å². The number of esters is 1. The maximum Gasteiger partial charge on any atom is 0.338 e. The zero-order valence-electron chi connectivity index (χ0n) is 14.7. The van der Waals surface area contributed by atoms with Gasteiger partial charge >= 0.3 is 5.97 Å². The summed E-state index contributed by atoms with van der Waals surface area (Å²) in [5.74, 6) is -0.947. The predicted molar refractivity (Wildman–Crippen MR) is 104 cm³/mol. The maximum absolute atomic E-state index is 12.4. The second kappa shape index (κ2) is 8.67. The summed E-state index contributed by atoms with van der Waals surface area (Å²) in [5, 5.41) is 2.93. The third-order valence-electron chi connectivity index (χ3n) is 4.05. The first-order valence-corrected chi connectivity index (χ1v) is 8.55. The molecule has 0 aromatic heterocycles. The number of nitrogens with two attached hydrogens (primary N) is 1. The van der Waals surface area contributed by atoms with E-state index in [2.05, 4.69) is 5.32 Å². The van der Waals surface area contributed by atoms with Gasteiger partial charge in [-0.1, -0.05) is 60.7 Å². The van der Waals surface area contributed by atoms with Gasteiger partial charge in [0.25, 0.3) is 5.91 Å². The van der Waals surface area contributed by atoms with Gasteiger partial charge in [0.2, 0.25) is 0 Å². The second-order valence-electron chi connectivity index (χ2n) is 6.02. The van der Waals surface area contributed by atoms with Crippen LogP contribution in [-0.2, 0) is 9.53 Å². The smallest absolute Gasteiger partial charge is 0.338 e. The summed E-state index contributed by atoms with van der Waals surface area (Å²) in [4.78, 5) is 24.4. The van der Waals surface area contributed by atoms with Gasteiger partial charge in [-0.3, -0.25) is 4.79 Å². The molecule has 0 bridgehead atoms. The van der Waals surface area contributed by atoms with Crippen LogP contribution in [0.3, 0.4) is 0 Å². The Labute approximate surface area is 157 Å². The highest BCUT2D eigenvalue weighted by atomic mass is 16.5. The van der Waals surface area contributed by atoms with E-state index in [-0.39, 0.29) is 18.6 Å². The lowest BCUT2D eigenvalue weighted by Gasteiger charge is -2.20. The molecule has 0 saturated carbocycles. The van der Waals surface area contributed by atoms with Crippen molar-refractivity contribution in [2.24, 2.45) is 0 Å². The highest BCUT2D eigenvalue weighted by Crippen LogP contribution is 2.21. The van der Waals surface area contributed by atoms with Crippen LogP contribution >= 0.6 is 0 Å². The van der Waals surface area contributed by atoms with E-state index in [1.807, 2.05) is 60.7 Å². The molecule has 5 heteroatoms. The second-order valence-corrected chi connectivity index (χ2v) is 6.02. The highest BCUT2D eigenvalue weighted by molar-refractivity contribution is 5.91. The van der Waals surface area contributed by atoms with Crippen LogP contribution in [0.5, 0.6) is 0 Å². The molecule has 0 atom stereocenters. The Hall–Kier alpha value is -3.60. The Morgan fingerprint density at radius 1 is 0.815 bits per heavy atom. The SMILES string of the molecule is Nc1ccc(C(=O)OCC(=O)NC(c2ccccc2)c2ccccc2)cc1. The van der Waals surface area contributed by atoms with Crippen LogP contribution in [0, 0.1) is 0 Å². The number of hydrogen-bond acceptors (Lipinski definition) is 4. The Kier molecular flexibility index (Phi) is 5.84. The number of anilines is 1. The van der Waals surface area contributed by atoms with Gasteiger partial charge in [0.15, 0.2) is 6.61 Å². The number of carbonyl (C=O) groups is 2. The summed E-state index contributed by atoms with van der Waals surface area (Å²) in [6.07, 6.45) is 0. The molecule has 0 saturated heterocycles. The number of nitrogens with one attached hydrogen (secondary N) is 1. The number of benzene rings is 3. The molecule has 0 fully saturated rings. The molecule has 0 heterocycles. The first-order chi connectivity index (χ1) is 13.1. The number of ether oxygens (including phenoxy) is 1. The minimum atomic E-state index is -0.568. The third kappa shape index (κ3) is 4.95. The fourth-order valence-electron chi connectivity index (χ4n) is 2.69. The molecule has 3 rings (SSSR count). The van der Waals surface area contributed by atoms with Crippen molar-refractivity contribution in [3.8, 4) is 0 Å². The number of amides is 1. The first kappa shape index (κ1) is 18.2. The summed E-state index contributed by atoms with van der Waals surface area (Å²) >= 11 is 0. The van der Waals surface area contributed by atoms with Crippen LogP contribution in [0.15, 0.2) is 84.9 Å². The molecule has 0 aliphatic carbocycles. The number of carbonyl (C=O) groups excluding carboxylic acids is 2. The number of rotatable bonds is 6. The van der Waals surface area contributed by atoms with Crippen molar-refractivity contribution in [1.29, 1.82) is 0 Å². The largest absolute Gasteiger partial charge is 0.452 e. The van der Waals surface area contributed by atoms with Gasteiger partial charge in [0.05, 0.1) is 11.6 Å². The van der Waals surface area contributed by atoms with Crippen LogP contribution in [0.4, 0.5) is 5.69 Å². The van der Waals surface area contributed by atoms with Gasteiger partial charge < -0.3 is 15.8 Å². The monoisotopic (exact) mass is 360 g/mol. The van der Waals surface area contributed by atoms with E-state index in [4.69, 9.17) is 10.5 Å². The predicted octanol–water partition coefficient (Wildman–Crippen LogP) is 3.33. The summed E-state index contributed by atoms with van der Waals surface area (Å²) in [7, 11) is 0. The topological polar surface area (TPSA) is 81.4 Å². The average molecular weight is 360 g/mol. The average Bonchev–Trinajstić information content (AvgIpc) is 2.72. The van der Waals surface area contributed by atoms with Crippen molar-refractivity contribution in [1.82, 2.24) is 5.32 Å². The summed E-state index contributed by atoms with van der Waals surface area (Å²) in [6.45, 7) is -0.362. The van der Waals surface area contributed by atoms with E-state index in [0.29, 0.717) is 11.3 Å². The van der Waals surface area contributed by atoms with Crippen molar-refractivity contribution in [3.05, 3.63) is 102 Å². The lowest BCUT2D eigenvalue weighted by Crippen LogP contribution is -2.33.